The predicted molar refractivity (Wildman–Crippen MR) is 118 cm³/mol. The molecule has 0 aromatic heterocycles. The quantitative estimate of drug-likeness (QED) is 0.426. The van der Waals surface area contributed by atoms with E-state index in [1.54, 1.807) is 20.5 Å². The zero-order chi connectivity index (χ0) is 21.8. The van der Waals surface area contributed by atoms with Crippen molar-refractivity contribution in [3.8, 4) is 0 Å². The van der Waals surface area contributed by atoms with Gasteiger partial charge in [0.1, 0.15) is 5.60 Å². The van der Waals surface area contributed by atoms with E-state index in [1.807, 2.05) is 0 Å². The van der Waals surface area contributed by atoms with E-state index in [9.17, 15) is 0 Å². The Morgan fingerprint density at radius 3 is 2.21 bits per heavy atom. The van der Waals surface area contributed by atoms with Crippen LogP contribution < -0.4 is 0 Å². The van der Waals surface area contributed by atoms with Gasteiger partial charge < -0.3 is 27.8 Å². The summed E-state index contributed by atoms with van der Waals surface area (Å²) in [5.41, 5.74) is -0.619. The van der Waals surface area contributed by atoms with Gasteiger partial charge in [-0.15, -0.1) is 0 Å². The largest absolute Gasteiger partial charge is 0.469 e. The molecule has 0 aromatic rings. The number of fused-ring (bicyclic) bond motifs is 4. The first-order valence-electron chi connectivity index (χ1n) is 10.7. The summed E-state index contributed by atoms with van der Waals surface area (Å²) in [6, 6.07) is 0. The SMILES string of the molecule is COC(OC)[C@@H]1[C@@H](O[Si](C)(C)C(C)(C)C)[C@@H]2C[C@H]1[C@@]1(O[Si](C)(C)C)C=CO[C@H]1O2. The molecular weight excluding hydrogens is 404 g/mol. The van der Waals surface area contributed by atoms with Crippen molar-refractivity contribution in [1.29, 1.82) is 0 Å². The summed E-state index contributed by atoms with van der Waals surface area (Å²) in [7, 11) is -0.521. The molecule has 0 aromatic carbocycles. The summed E-state index contributed by atoms with van der Waals surface area (Å²) >= 11 is 0. The molecule has 0 unspecified atom stereocenters. The van der Waals surface area contributed by atoms with Gasteiger partial charge in [0, 0.05) is 26.1 Å². The van der Waals surface area contributed by atoms with Gasteiger partial charge in [-0.05, 0) is 50.3 Å². The van der Waals surface area contributed by atoms with E-state index < -0.39 is 34.8 Å². The summed E-state index contributed by atoms with van der Waals surface area (Å²) in [5.74, 6) is 0.133. The Morgan fingerprint density at radius 1 is 1.07 bits per heavy atom. The molecule has 0 spiro atoms. The summed E-state index contributed by atoms with van der Waals surface area (Å²) in [5, 5.41) is 0.0999. The molecule has 2 bridgehead atoms. The minimum atomic E-state index is -2.03. The normalized spacial score (nSPS) is 37.1. The first kappa shape index (κ1) is 23.4. The second kappa shape index (κ2) is 7.72. The Bertz CT molecular complexity index is 622. The molecule has 2 aliphatic heterocycles. The molecular formula is C21H40O6Si2. The maximum atomic E-state index is 6.94. The Morgan fingerprint density at radius 2 is 1.69 bits per heavy atom. The number of methoxy groups -OCH3 is 2. The van der Waals surface area contributed by atoms with E-state index in [0.717, 1.165) is 6.42 Å². The molecule has 3 rings (SSSR count). The van der Waals surface area contributed by atoms with E-state index in [4.69, 9.17) is 27.8 Å². The lowest BCUT2D eigenvalue weighted by molar-refractivity contribution is -0.239. The Balaban J connectivity index is 2.02. The van der Waals surface area contributed by atoms with Crippen LogP contribution in [0.1, 0.15) is 27.2 Å². The summed E-state index contributed by atoms with van der Waals surface area (Å²) in [4.78, 5) is 0. The molecule has 1 saturated heterocycles. The van der Waals surface area contributed by atoms with Crippen LogP contribution in [-0.2, 0) is 27.8 Å². The third-order valence-electron chi connectivity index (χ3n) is 6.97. The highest BCUT2D eigenvalue weighted by Crippen LogP contribution is 2.56. The highest BCUT2D eigenvalue weighted by molar-refractivity contribution is 6.74. The van der Waals surface area contributed by atoms with Gasteiger partial charge in [0.05, 0.1) is 18.5 Å². The summed E-state index contributed by atoms with van der Waals surface area (Å²) in [6.45, 7) is 18.0. The van der Waals surface area contributed by atoms with Crippen molar-refractivity contribution in [3.05, 3.63) is 12.3 Å². The van der Waals surface area contributed by atoms with Crippen LogP contribution in [-0.4, -0.2) is 61.2 Å². The summed E-state index contributed by atoms with van der Waals surface area (Å²) < 4.78 is 37.7. The fourth-order valence-corrected chi connectivity index (χ4v) is 7.47. The second-order valence-electron chi connectivity index (χ2n) is 11.1. The van der Waals surface area contributed by atoms with Gasteiger partial charge in [0.25, 0.3) is 0 Å². The Hall–Kier alpha value is -0.226. The van der Waals surface area contributed by atoms with Crippen molar-refractivity contribution in [2.24, 2.45) is 11.8 Å². The molecule has 6 atom stereocenters. The maximum Gasteiger partial charge on any atom is 0.231 e. The van der Waals surface area contributed by atoms with Crippen LogP contribution in [0.15, 0.2) is 12.3 Å². The van der Waals surface area contributed by atoms with E-state index in [-0.39, 0.29) is 29.1 Å². The second-order valence-corrected chi connectivity index (χ2v) is 20.3. The molecule has 0 radical (unpaired) electrons. The molecule has 0 N–H and O–H groups in total. The van der Waals surface area contributed by atoms with Crippen molar-refractivity contribution in [2.75, 3.05) is 14.2 Å². The van der Waals surface area contributed by atoms with Crippen LogP contribution in [0.2, 0.25) is 37.8 Å². The van der Waals surface area contributed by atoms with E-state index >= 15 is 0 Å². The predicted octanol–water partition coefficient (Wildman–Crippen LogP) is 4.49. The number of hydrogen-bond acceptors (Lipinski definition) is 6. The smallest absolute Gasteiger partial charge is 0.231 e. The van der Waals surface area contributed by atoms with E-state index in [2.05, 4.69) is 59.6 Å². The molecule has 2 heterocycles. The average molecular weight is 445 g/mol. The molecule has 2 fully saturated rings. The zero-order valence-corrected chi connectivity index (χ0v) is 21.8. The molecule has 1 aliphatic carbocycles. The third kappa shape index (κ3) is 4.14. The lowest BCUT2D eigenvalue weighted by Gasteiger charge is -2.46. The van der Waals surface area contributed by atoms with Crippen molar-refractivity contribution in [2.45, 2.75) is 95.4 Å². The third-order valence-corrected chi connectivity index (χ3v) is 12.4. The van der Waals surface area contributed by atoms with E-state index in [1.165, 1.54) is 0 Å². The first-order valence-corrected chi connectivity index (χ1v) is 17.0. The van der Waals surface area contributed by atoms with Gasteiger partial charge in [-0.3, -0.25) is 0 Å². The van der Waals surface area contributed by atoms with Crippen LogP contribution in [0.25, 0.3) is 0 Å². The van der Waals surface area contributed by atoms with Crippen LogP contribution in [0, 0.1) is 11.8 Å². The van der Waals surface area contributed by atoms with Gasteiger partial charge in [-0.25, -0.2) is 0 Å². The van der Waals surface area contributed by atoms with Gasteiger partial charge in [-0.1, -0.05) is 20.8 Å². The fraction of sp³-hybridized carbons (Fsp3) is 0.905. The lowest BCUT2D eigenvalue weighted by atomic mass is 9.78. The standard InChI is InChI=1S/C21H40O6Si2/c1-20(2,3)29(9,10)26-17-15-13-14(16(17)18(22-4)23-5)21(27-28(6,7)8)11-12-24-19(21)25-15/h11-12,14-19H,13H2,1-10H3/t14-,15+,16+,17+,19+,21+/m1/s1. The molecule has 1 saturated carbocycles. The van der Waals surface area contributed by atoms with Crippen molar-refractivity contribution in [1.82, 2.24) is 0 Å². The minimum Gasteiger partial charge on any atom is -0.469 e. The molecule has 29 heavy (non-hydrogen) atoms. The van der Waals surface area contributed by atoms with Gasteiger partial charge in [-0.2, -0.15) is 0 Å². The highest BCUT2D eigenvalue weighted by atomic mass is 28.4. The number of hydrogen-bond donors (Lipinski definition) is 0. The number of rotatable bonds is 7. The first-order chi connectivity index (χ1) is 13.3. The monoisotopic (exact) mass is 444 g/mol. The fourth-order valence-electron chi connectivity index (χ4n) is 4.75. The van der Waals surface area contributed by atoms with Crippen LogP contribution in [0.4, 0.5) is 0 Å². The summed E-state index contributed by atoms with van der Waals surface area (Å²) in [6.07, 6.45) is 3.63. The molecule has 168 valence electrons. The molecule has 3 aliphatic rings. The highest BCUT2D eigenvalue weighted by Gasteiger charge is 2.67. The lowest BCUT2D eigenvalue weighted by Crippen LogP contribution is -2.58. The molecule has 0 amide bonds. The van der Waals surface area contributed by atoms with E-state index in [0.29, 0.717) is 0 Å². The van der Waals surface area contributed by atoms with Gasteiger partial charge in [0.2, 0.25) is 6.29 Å². The topological polar surface area (TPSA) is 55.4 Å². The Labute approximate surface area is 178 Å². The molecule has 8 heteroatoms. The zero-order valence-electron chi connectivity index (χ0n) is 19.8. The van der Waals surface area contributed by atoms with Crippen molar-refractivity contribution in [3.63, 3.8) is 0 Å². The van der Waals surface area contributed by atoms with Crippen molar-refractivity contribution < 1.29 is 27.8 Å². The Kier molecular flexibility index (Phi) is 6.24. The van der Waals surface area contributed by atoms with Gasteiger partial charge in [0.15, 0.2) is 22.9 Å². The van der Waals surface area contributed by atoms with Crippen LogP contribution in [0.3, 0.4) is 0 Å². The molecule has 6 nitrogen and oxygen atoms in total. The average Bonchev–Trinajstić information content (AvgIpc) is 3.10. The van der Waals surface area contributed by atoms with Crippen molar-refractivity contribution >= 4 is 16.6 Å². The van der Waals surface area contributed by atoms with Crippen LogP contribution >= 0.6 is 0 Å². The van der Waals surface area contributed by atoms with Crippen LogP contribution in [0.5, 0.6) is 0 Å². The van der Waals surface area contributed by atoms with Gasteiger partial charge >= 0.3 is 0 Å². The maximum absolute atomic E-state index is 6.94. The number of ether oxygens (including phenoxy) is 4. The minimum absolute atomic E-state index is 0.00294.